The zero-order chi connectivity index (χ0) is 12.4. The summed E-state index contributed by atoms with van der Waals surface area (Å²) in [4.78, 5) is 8.84. The molecule has 2 aromatic heterocycles. The third kappa shape index (κ3) is 2.06. The molecule has 2 N–H and O–H groups in total. The molecular formula is C13H10N4S. The zero-order valence-corrected chi connectivity index (χ0v) is 10.3. The Bertz CT molecular complexity index is 706. The second-order valence-electron chi connectivity index (χ2n) is 3.86. The summed E-state index contributed by atoms with van der Waals surface area (Å²) >= 11 is 1.71. The van der Waals surface area contributed by atoms with Gasteiger partial charge in [0.05, 0.1) is 29.2 Å². The number of hydrogen-bond acceptors (Lipinski definition) is 4. The van der Waals surface area contributed by atoms with Gasteiger partial charge in [-0.25, -0.2) is 4.98 Å². The predicted molar refractivity (Wildman–Crippen MR) is 72.5 cm³/mol. The van der Waals surface area contributed by atoms with Gasteiger partial charge in [-0.1, -0.05) is 6.07 Å². The van der Waals surface area contributed by atoms with Crippen molar-refractivity contribution in [2.45, 2.75) is 6.54 Å². The van der Waals surface area contributed by atoms with Crippen molar-refractivity contribution >= 4 is 28.3 Å². The maximum Gasteiger partial charge on any atom is 0.201 e. The molecule has 0 atom stereocenters. The van der Waals surface area contributed by atoms with Crippen LogP contribution in [0.2, 0.25) is 0 Å². The number of thiophene rings is 1. The molecule has 0 aliphatic heterocycles. The van der Waals surface area contributed by atoms with Crippen molar-refractivity contribution in [2.75, 3.05) is 5.32 Å². The lowest BCUT2D eigenvalue weighted by Crippen LogP contribution is -1.98. The van der Waals surface area contributed by atoms with E-state index in [-0.39, 0.29) is 0 Å². The number of aromatic amines is 1. The Kier molecular flexibility index (Phi) is 2.71. The Morgan fingerprint density at radius 2 is 2.33 bits per heavy atom. The van der Waals surface area contributed by atoms with E-state index in [1.807, 2.05) is 12.1 Å². The van der Waals surface area contributed by atoms with E-state index < -0.39 is 0 Å². The van der Waals surface area contributed by atoms with Gasteiger partial charge in [0.2, 0.25) is 5.95 Å². The van der Waals surface area contributed by atoms with Crippen LogP contribution in [0.15, 0.2) is 35.7 Å². The molecule has 0 amide bonds. The number of hydrogen-bond donors (Lipinski definition) is 2. The van der Waals surface area contributed by atoms with E-state index in [4.69, 9.17) is 5.26 Å². The first-order chi connectivity index (χ1) is 8.85. The average molecular weight is 254 g/mol. The number of rotatable bonds is 3. The van der Waals surface area contributed by atoms with E-state index in [2.05, 4.69) is 32.8 Å². The van der Waals surface area contributed by atoms with Crippen LogP contribution in [-0.4, -0.2) is 9.97 Å². The van der Waals surface area contributed by atoms with Gasteiger partial charge in [0, 0.05) is 4.88 Å². The molecule has 0 radical (unpaired) electrons. The number of nitriles is 1. The van der Waals surface area contributed by atoms with Crippen molar-refractivity contribution in [1.82, 2.24) is 9.97 Å². The molecule has 0 bridgehead atoms. The lowest BCUT2D eigenvalue weighted by Gasteiger charge is -1.98. The van der Waals surface area contributed by atoms with Crippen LogP contribution in [0.25, 0.3) is 11.0 Å². The first-order valence-electron chi connectivity index (χ1n) is 5.51. The third-order valence-corrected chi connectivity index (χ3v) is 3.50. The van der Waals surface area contributed by atoms with Crippen LogP contribution in [-0.2, 0) is 6.54 Å². The van der Waals surface area contributed by atoms with E-state index in [1.165, 1.54) is 4.88 Å². The topological polar surface area (TPSA) is 64.5 Å². The van der Waals surface area contributed by atoms with Crippen LogP contribution in [0.4, 0.5) is 5.95 Å². The van der Waals surface area contributed by atoms with Gasteiger partial charge in [-0.05, 0) is 29.6 Å². The first-order valence-corrected chi connectivity index (χ1v) is 6.39. The van der Waals surface area contributed by atoms with Crippen LogP contribution >= 0.6 is 11.3 Å². The number of aromatic nitrogens is 2. The molecule has 3 rings (SSSR count). The fourth-order valence-corrected chi connectivity index (χ4v) is 2.39. The van der Waals surface area contributed by atoms with Crippen molar-refractivity contribution in [3.05, 3.63) is 46.2 Å². The van der Waals surface area contributed by atoms with Crippen molar-refractivity contribution in [3.8, 4) is 6.07 Å². The highest BCUT2D eigenvalue weighted by Gasteiger charge is 2.03. The molecule has 3 aromatic rings. The van der Waals surface area contributed by atoms with Crippen LogP contribution in [0.3, 0.4) is 0 Å². The Morgan fingerprint density at radius 1 is 1.39 bits per heavy atom. The Hall–Kier alpha value is -2.32. The monoisotopic (exact) mass is 254 g/mol. The minimum Gasteiger partial charge on any atom is -0.351 e. The summed E-state index contributed by atoms with van der Waals surface area (Å²) < 4.78 is 0. The van der Waals surface area contributed by atoms with Gasteiger partial charge < -0.3 is 10.3 Å². The van der Waals surface area contributed by atoms with Gasteiger partial charge in [0.15, 0.2) is 0 Å². The maximum atomic E-state index is 8.83. The van der Waals surface area contributed by atoms with Crippen LogP contribution in [0, 0.1) is 11.3 Å². The van der Waals surface area contributed by atoms with Crippen LogP contribution in [0.1, 0.15) is 10.4 Å². The molecule has 88 valence electrons. The van der Waals surface area contributed by atoms with Gasteiger partial charge in [0.1, 0.15) is 0 Å². The fraction of sp³-hybridized carbons (Fsp3) is 0.0769. The summed E-state index contributed by atoms with van der Waals surface area (Å²) in [6, 6.07) is 11.6. The van der Waals surface area contributed by atoms with Crippen molar-refractivity contribution in [3.63, 3.8) is 0 Å². The Labute approximate surface area is 108 Å². The SMILES string of the molecule is N#Cc1ccc2nc(NCc3cccs3)[nH]c2c1. The number of nitrogens with zero attached hydrogens (tertiary/aromatic N) is 2. The predicted octanol–water partition coefficient (Wildman–Crippen LogP) is 3.11. The molecule has 2 heterocycles. The minimum absolute atomic E-state index is 0.635. The second-order valence-corrected chi connectivity index (χ2v) is 4.89. The highest BCUT2D eigenvalue weighted by molar-refractivity contribution is 7.09. The molecule has 0 spiro atoms. The Morgan fingerprint density at radius 3 is 3.11 bits per heavy atom. The lowest BCUT2D eigenvalue weighted by molar-refractivity contribution is 1.13. The van der Waals surface area contributed by atoms with Gasteiger partial charge in [0.25, 0.3) is 0 Å². The molecule has 18 heavy (non-hydrogen) atoms. The van der Waals surface area contributed by atoms with Gasteiger partial charge in [-0.15, -0.1) is 11.3 Å². The molecule has 0 fully saturated rings. The normalized spacial score (nSPS) is 10.4. The van der Waals surface area contributed by atoms with Gasteiger partial charge in [-0.3, -0.25) is 0 Å². The van der Waals surface area contributed by atoms with Crippen molar-refractivity contribution in [1.29, 1.82) is 5.26 Å². The van der Waals surface area contributed by atoms with Crippen LogP contribution < -0.4 is 5.32 Å². The number of anilines is 1. The van der Waals surface area contributed by atoms with E-state index in [9.17, 15) is 0 Å². The minimum atomic E-state index is 0.635. The van der Waals surface area contributed by atoms with Gasteiger partial charge >= 0.3 is 0 Å². The molecule has 0 saturated heterocycles. The molecule has 0 aliphatic carbocycles. The van der Waals surface area contributed by atoms with Gasteiger partial charge in [-0.2, -0.15) is 5.26 Å². The lowest BCUT2D eigenvalue weighted by atomic mass is 10.2. The number of H-pyrrole nitrogens is 1. The highest BCUT2D eigenvalue weighted by Crippen LogP contribution is 2.17. The summed E-state index contributed by atoms with van der Waals surface area (Å²) in [6.07, 6.45) is 0. The standard InChI is InChI=1S/C13H10N4S/c14-7-9-3-4-11-12(6-9)17-13(16-11)15-8-10-2-1-5-18-10/h1-6H,8H2,(H2,15,16,17). The largest absolute Gasteiger partial charge is 0.351 e. The smallest absolute Gasteiger partial charge is 0.201 e. The number of fused-ring (bicyclic) bond motifs is 1. The van der Waals surface area contributed by atoms with E-state index >= 15 is 0 Å². The first kappa shape index (κ1) is 10.8. The van der Waals surface area contributed by atoms with Crippen LogP contribution in [0.5, 0.6) is 0 Å². The average Bonchev–Trinajstić information content (AvgIpc) is 3.04. The molecule has 4 nitrogen and oxygen atoms in total. The molecular weight excluding hydrogens is 244 g/mol. The summed E-state index contributed by atoms with van der Waals surface area (Å²) in [5.41, 5.74) is 2.38. The highest BCUT2D eigenvalue weighted by atomic mass is 32.1. The summed E-state index contributed by atoms with van der Waals surface area (Å²) in [5, 5.41) is 14.1. The third-order valence-electron chi connectivity index (χ3n) is 2.62. The number of benzene rings is 1. The van der Waals surface area contributed by atoms with Crippen molar-refractivity contribution in [2.24, 2.45) is 0 Å². The molecule has 0 aliphatic rings. The Balaban J connectivity index is 1.83. The molecule has 0 saturated carbocycles. The number of nitrogens with one attached hydrogen (secondary N) is 2. The maximum absolute atomic E-state index is 8.83. The summed E-state index contributed by atoms with van der Waals surface area (Å²) in [7, 11) is 0. The fourth-order valence-electron chi connectivity index (χ4n) is 1.75. The molecule has 5 heteroatoms. The summed E-state index contributed by atoms with van der Waals surface area (Å²) in [6.45, 7) is 0.753. The van der Waals surface area contributed by atoms with E-state index in [0.717, 1.165) is 23.5 Å². The number of imidazole rings is 1. The summed E-state index contributed by atoms with van der Waals surface area (Å²) in [5.74, 6) is 0.730. The van der Waals surface area contributed by atoms with E-state index in [0.29, 0.717) is 5.56 Å². The zero-order valence-electron chi connectivity index (χ0n) is 9.47. The second kappa shape index (κ2) is 4.51. The van der Waals surface area contributed by atoms with E-state index in [1.54, 1.807) is 23.5 Å². The van der Waals surface area contributed by atoms with Crippen molar-refractivity contribution < 1.29 is 0 Å². The quantitative estimate of drug-likeness (QED) is 0.754. The molecule has 1 aromatic carbocycles. The molecule has 0 unspecified atom stereocenters.